The van der Waals surface area contributed by atoms with Gasteiger partial charge in [-0.2, -0.15) is 0 Å². The molecule has 4 heteroatoms. The van der Waals surface area contributed by atoms with Crippen LogP contribution in [0.5, 0.6) is 0 Å². The van der Waals surface area contributed by atoms with Gasteiger partial charge in [0, 0.05) is 29.6 Å². The van der Waals surface area contributed by atoms with E-state index in [1.165, 1.54) is 12.1 Å². The summed E-state index contributed by atoms with van der Waals surface area (Å²) in [4.78, 5) is 13.2. The third kappa shape index (κ3) is 2.27. The summed E-state index contributed by atoms with van der Waals surface area (Å²) >= 11 is 6.18. The number of nitrogens with zero attached hydrogens (tertiary/aromatic N) is 1. The van der Waals surface area contributed by atoms with Gasteiger partial charge in [0.25, 0.3) is 0 Å². The molecule has 0 bridgehead atoms. The number of carbonyl (C=O) groups excluding carboxylic acids is 1. The van der Waals surface area contributed by atoms with Gasteiger partial charge in [0.2, 0.25) is 5.91 Å². The van der Waals surface area contributed by atoms with Crippen LogP contribution in [0.15, 0.2) is 24.8 Å². The van der Waals surface area contributed by atoms with E-state index >= 15 is 0 Å². The monoisotopic (exact) mass is 267 g/mol. The van der Waals surface area contributed by atoms with E-state index in [1.807, 2.05) is 6.92 Å². The van der Waals surface area contributed by atoms with Crippen LogP contribution >= 0.6 is 11.6 Å². The van der Waals surface area contributed by atoms with Gasteiger partial charge >= 0.3 is 0 Å². The van der Waals surface area contributed by atoms with Gasteiger partial charge in [-0.25, -0.2) is 4.39 Å². The molecule has 1 aromatic rings. The van der Waals surface area contributed by atoms with Crippen molar-refractivity contribution in [2.75, 3.05) is 13.1 Å². The second-order valence-electron chi connectivity index (χ2n) is 4.57. The van der Waals surface area contributed by atoms with Crippen molar-refractivity contribution < 1.29 is 9.18 Å². The smallest absolute Gasteiger partial charge is 0.245 e. The van der Waals surface area contributed by atoms with Crippen molar-refractivity contribution in [1.29, 1.82) is 0 Å². The number of benzene rings is 1. The number of rotatable bonds is 2. The molecule has 1 aromatic carbocycles. The minimum atomic E-state index is -0.288. The largest absolute Gasteiger partial charge is 0.339 e. The van der Waals surface area contributed by atoms with Gasteiger partial charge in [-0.1, -0.05) is 24.2 Å². The zero-order chi connectivity index (χ0) is 13.3. The molecule has 0 aliphatic carbocycles. The van der Waals surface area contributed by atoms with Crippen LogP contribution in [0.2, 0.25) is 5.02 Å². The van der Waals surface area contributed by atoms with Crippen LogP contribution in [0.3, 0.4) is 0 Å². The Morgan fingerprint density at radius 3 is 3.00 bits per heavy atom. The molecule has 1 saturated heterocycles. The highest BCUT2D eigenvalue weighted by atomic mass is 35.5. The fraction of sp³-hybridized carbons (Fsp3) is 0.357. The highest BCUT2D eigenvalue weighted by Crippen LogP contribution is 2.35. The van der Waals surface area contributed by atoms with Crippen molar-refractivity contribution >= 4 is 17.5 Å². The molecule has 0 N–H and O–H groups in total. The lowest BCUT2D eigenvalue weighted by molar-refractivity contribution is -0.125. The molecule has 0 radical (unpaired) electrons. The van der Waals surface area contributed by atoms with Gasteiger partial charge in [0.05, 0.1) is 0 Å². The van der Waals surface area contributed by atoms with Crippen LogP contribution in [0.1, 0.15) is 23.5 Å². The maximum atomic E-state index is 13.9. The molecule has 2 nitrogen and oxygen atoms in total. The van der Waals surface area contributed by atoms with E-state index in [0.29, 0.717) is 23.7 Å². The van der Waals surface area contributed by atoms with Crippen molar-refractivity contribution in [2.45, 2.75) is 19.3 Å². The van der Waals surface area contributed by atoms with Crippen molar-refractivity contribution in [3.05, 3.63) is 46.8 Å². The molecule has 0 aromatic heterocycles. The van der Waals surface area contributed by atoms with Crippen LogP contribution in [0.4, 0.5) is 4.39 Å². The third-order valence-electron chi connectivity index (χ3n) is 3.40. The summed E-state index contributed by atoms with van der Waals surface area (Å²) in [5.74, 6) is -0.425. The standard InChI is InChI=1S/C14H15ClFNO/c1-3-12(18)17-7-6-10(8-17)13-11(16)5-4-9(2)14(13)15/h3-5,10H,1,6-8H2,2H3/t10-/m0/s1. The first-order valence-corrected chi connectivity index (χ1v) is 6.28. The van der Waals surface area contributed by atoms with E-state index < -0.39 is 0 Å². The maximum Gasteiger partial charge on any atom is 0.245 e. The normalized spacial score (nSPS) is 19.1. The zero-order valence-corrected chi connectivity index (χ0v) is 11.0. The molecule has 1 heterocycles. The number of carbonyl (C=O) groups is 1. The van der Waals surface area contributed by atoms with Gasteiger partial charge in [-0.3, -0.25) is 4.79 Å². The van der Waals surface area contributed by atoms with E-state index in [-0.39, 0.29) is 17.6 Å². The molecule has 18 heavy (non-hydrogen) atoms. The van der Waals surface area contributed by atoms with Crippen molar-refractivity contribution in [3.8, 4) is 0 Å². The summed E-state index contributed by atoms with van der Waals surface area (Å²) in [7, 11) is 0. The molecule has 0 unspecified atom stereocenters. The average molecular weight is 268 g/mol. The summed E-state index contributed by atoms with van der Waals surface area (Å²) in [5, 5.41) is 0.480. The summed E-state index contributed by atoms with van der Waals surface area (Å²) in [6.07, 6.45) is 2.02. The Balaban J connectivity index is 2.27. The second-order valence-corrected chi connectivity index (χ2v) is 4.94. The van der Waals surface area contributed by atoms with E-state index in [0.717, 1.165) is 12.0 Å². The second kappa shape index (κ2) is 5.11. The first kappa shape index (κ1) is 13.1. The molecule has 0 spiro atoms. The molecule has 1 fully saturated rings. The van der Waals surface area contributed by atoms with Crippen molar-refractivity contribution in [3.63, 3.8) is 0 Å². The fourth-order valence-electron chi connectivity index (χ4n) is 2.38. The Hall–Kier alpha value is -1.35. The fourth-order valence-corrected chi connectivity index (χ4v) is 2.69. The lowest BCUT2D eigenvalue weighted by Gasteiger charge is -2.16. The van der Waals surface area contributed by atoms with Gasteiger partial charge in [-0.05, 0) is 31.1 Å². The summed E-state index contributed by atoms with van der Waals surface area (Å²) in [5.41, 5.74) is 1.40. The van der Waals surface area contributed by atoms with Crippen LogP contribution in [0.25, 0.3) is 0 Å². The molecule has 0 saturated carbocycles. The minimum absolute atomic E-state index is 0.0266. The van der Waals surface area contributed by atoms with E-state index in [1.54, 1.807) is 11.0 Å². The van der Waals surface area contributed by atoms with Gasteiger partial charge in [-0.15, -0.1) is 0 Å². The lowest BCUT2D eigenvalue weighted by atomic mass is 9.96. The molecule has 1 amide bonds. The topological polar surface area (TPSA) is 20.3 Å². The first-order chi connectivity index (χ1) is 8.54. The van der Waals surface area contributed by atoms with Gasteiger partial charge in [0.15, 0.2) is 0 Å². The summed E-state index contributed by atoms with van der Waals surface area (Å²) in [6, 6.07) is 3.11. The summed E-state index contributed by atoms with van der Waals surface area (Å²) < 4.78 is 13.9. The minimum Gasteiger partial charge on any atom is -0.339 e. The molecule has 1 atom stereocenters. The predicted octanol–water partition coefficient (Wildman–Crippen LogP) is 3.29. The molecule has 1 aliphatic rings. The van der Waals surface area contributed by atoms with Crippen LogP contribution in [-0.4, -0.2) is 23.9 Å². The first-order valence-electron chi connectivity index (χ1n) is 5.90. The molecular weight excluding hydrogens is 253 g/mol. The van der Waals surface area contributed by atoms with E-state index in [2.05, 4.69) is 6.58 Å². The zero-order valence-electron chi connectivity index (χ0n) is 10.2. The van der Waals surface area contributed by atoms with Crippen LogP contribution in [-0.2, 0) is 4.79 Å². The highest BCUT2D eigenvalue weighted by Gasteiger charge is 2.29. The number of hydrogen-bond donors (Lipinski definition) is 0. The van der Waals surface area contributed by atoms with Crippen LogP contribution < -0.4 is 0 Å². The number of aryl methyl sites for hydroxylation is 1. The summed E-state index contributed by atoms with van der Waals surface area (Å²) in [6.45, 7) is 6.44. The average Bonchev–Trinajstić information content (AvgIpc) is 2.83. The molecule has 2 rings (SSSR count). The lowest BCUT2D eigenvalue weighted by Crippen LogP contribution is -2.26. The molecule has 96 valence electrons. The Labute approximate surface area is 111 Å². The Morgan fingerprint density at radius 2 is 2.33 bits per heavy atom. The van der Waals surface area contributed by atoms with Crippen molar-refractivity contribution in [1.82, 2.24) is 4.90 Å². The van der Waals surface area contributed by atoms with E-state index in [4.69, 9.17) is 11.6 Å². The molecular formula is C14H15ClFNO. The number of halogens is 2. The number of amides is 1. The Kier molecular flexibility index (Phi) is 3.71. The van der Waals surface area contributed by atoms with Gasteiger partial charge < -0.3 is 4.90 Å². The Morgan fingerprint density at radius 1 is 1.61 bits per heavy atom. The van der Waals surface area contributed by atoms with E-state index in [9.17, 15) is 9.18 Å². The quantitative estimate of drug-likeness (QED) is 0.753. The number of likely N-dealkylation sites (tertiary alicyclic amines) is 1. The predicted molar refractivity (Wildman–Crippen MR) is 70.3 cm³/mol. The third-order valence-corrected chi connectivity index (χ3v) is 3.90. The highest BCUT2D eigenvalue weighted by molar-refractivity contribution is 6.32. The van der Waals surface area contributed by atoms with Gasteiger partial charge in [0.1, 0.15) is 5.82 Å². The Bertz CT molecular complexity index is 501. The number of hydrogen-bond acceptors (Lipinski definition) is 1. The van der Waals surface area contributed by atoms with Crippen molar-refractivity contribution in [2.24, 2.45) is 0 Å². The molecule has 1 aliphatic heterocycles. The SMILES string of the molecule is C=CC(=O)N1CC[C@H](c2c(F)ccc(C)c2Cl)C1. The maximum absolute atomic E-state index is 13.9. The van der Waals surface area contributed by atoms with Crippen LogP contribution in [0, 0.1) is 12.7 Å².